The minimum atomic E-state index is -1.20. The van der Waals surface area contributed by atoms with E-state index >= 15 is 0 Å². The monoisotopic (exact) mass is 683 g/mol. The molecular formula is C50H37NO2. The average Bonchev–Trinajstić information content (AvgIpc) is 3.74. The van der Waals surface area contributed by atoms with Crippen LogP contribution in [0.4, 0.5) is 0 Å². The van der Waals surface area contributed by atoms with Crippen molar-refractivity contribution in [3.05, 3.63) is 191 Å². The second-order valence-corrected chi connectivity index (χ2v) is 15.1. The van der Waals surface area contributed by atoms with Crippen molar-refractivity contribution in [3.8, 4) is 22.3 Å². The Bertz CT molecular complexity index is 2990. The van der Waals surface area contributed by atoms with E-state index in [0.717, 1.165) is 94.8 Å². The van der Waals surface area contributed by atoms with Gasteiger partial charge in [-0.1, -0.05) is 115 Å². The Morgan fingerprint density at radius 1 is 0.453 bits per heavy atom. The molecule has 0 amide bonds. The van der Waals surface area contributed by atoms with Crippen molar-refractivity contribution in [1.82, 2.24) is 4.57 Å². The lowest BCUT2D eigenvalue weighted by molar-refractivity contribution is 0.0860. The van der Waals surface area contributed by atoms with E-state index in [9.17, 15) is 10.2 Å². The minimum Gasteiger partial charge on any atom is -0.380 e. The highest BCUT2D eigenvalue weighted by Crippen LogP contribution is 2.52. The first kappa shape index (κ1) is 30.6. The van der Waals surface area contributed by atoms with E-state index in [1.54, 1.807) is 0 Å². The Morgan fingerprint density at radius 2 is 0.981 bits per heavy atom. The summed E-state index contributed by atoms with van der Waals surface area (Å²) < 4.78 is 2.38. The molecule has 0 saturated heterocycles. The van der Waals surface area contributed by atoms with Gasteiger partial charge < -0.3 is 14.8 Å². The number of benzene rings is 8. The maximum atomic E-state index is 13.0. The zero-order valence-electron chi connectivity index (χ0n) is 29.5. The molecule has 3 nitrogen and oxygen atoms in total. The fraction of sp³-hybridized carbons (Fsp3) is 0.120. The molecule has 2 aliphatic carbocycles. The number of nitrogens with zero attached hydrogens (tertiary/aromatic N) is 1. The molecule has 11 rings (SSSR count). The molecule has 0 aliphatic heterocycles. The zero-order valence-corrected chi connectivity index (χ0v) is 29.5. The molecule has 2 N–H and O–H groups in total. The van der Waals surface area contributed by atoms with Crippen LogP contribution in [0.25, 0.3) is 65.6 Å². The molecule has 9 aromatic rings. The molecule has 3 heteroatoms. The van der Waals surface area contributed by atoms with E-state index in [1.165, 1.54) is 10.8 Å². The quantitative estimate of drug-likeness (QED) is 0.190. The highest BCUT2D eigenvalue weighted by atomic mass is 16.3. The van der Waals surface area contributed by atoms with Gasteiger partial charge in [0.1, 0.15) is 11.2 Å². The fourth-order valence-electron chi connectivity index (χ4n) is 9.88. The average molecular weight is 684 g/mol. The van der Waals surface area contributed by atoms with Gasteiger partial charge in [0.2, 0.25) is 0 Å². The Balaban J connectivity index is 1.08. The van der Waals surface area contributed by atoms with Crippen LogP contribution in [-0.4, -0.2) is 14.8 Å². The van der Waals surface area contributed by atoms with Crippen LogP contribution in [0, 0.1) is 0 Å². The number of aromatic nitrogens is 1. The van der Waals surface area contributed by atoms with Crippen molar-refractivity contribution in [3.63, 3.8) is 0 Å². The molecule has 2 atom stereocenters. The molecule has 1 aromatic heterocycles. The largest absolute Gasteiger partial charge is 0.380 e. The van der Waals surface area contributed by atoms with Crippen LogP contribution in [0.5, 0.6) is 0 Å². The van der Waals surface area contributed by atoms with Gasteiger partial charge in [-0.2, -0.15) is 0 Å². The summed E-state index contributed by atoms with van der Waals surface area (Å²) in [5, 5.41) is 32.8. The van der Waals surface area contributed by atoms with Crippen LogP contribution in [0.1, 0.15) is 40.3 Å². The molecule has 0 saturated carbocycles. The van der Waals surface area contributed by atoms with Gasteiger partial charge in [0.15, 0.2) is 0 Å². The van der Waals surface area contributed by atoms with Crippen molar-refractivity contribution in [1.29, 1.82) is 0 Å². The summed E-state index contributed by atoms with van der Waals surface area (Å²) in [6.45, 7) is 3.02. The van der Waals surface area contributed by atoms with Crippen LogP contribution in [0.15, 0.2) is 158 Å². The second-order valence-electron chi connectivity index (χ2n) is 15.1. The lowest BCUT2D eigenvalue weighted by atomic mass is 9.83. The predicted molar refractivity (Wildman–Crippen MR) is 217 cm³/mol. The van der Waals surface area contributed by atoms with Gasteiger partial charge in [-0.05, 0) is 127 Å². The van der Waals surface area contributed by atoms with Crippen LogP contribution in [0.3, 0.4) is 0 Å². The number of hydrogen-bond donors (Lipinski definition) is 2. The van der Waals surface area contributed by atoms with Crippen molar-refractivity contribution in [2.45, 2.75) is 37.5 Å². The van der Waals surface area contributed by atoms with E-state index in [4.69, 9.17) is 0 Å². The molecule has 1 heterocycles. The molecular weight excluding hydrogens is 647 g/mol. The summed E-state index contributed by atoms with van der Waals surface area (Å²) in [5.41, 5.74) is 10.4. The summed E-state index contributed by atoms with van der Waals surface area (Å²) >= 11 is 0. The SMILES string of the molecule is CCn1c2ccc(CC3(O)c4ccccc4-c4cc5ccccc5cc43)cc2c2c(CC3(O)c4ccccc4-c4cc5ccccc5cc43)cccc21. The van der Waals surface area contributed by atoms with E-state index in [0.29, 0.717) is 12.8 Å². The number of hydrogen-bond acceptors (Lipinski definition) is 2. The number of fused-ring (bicyclic) bond motifs is 11. The van der Waals surface area contributed by atoms with Gasteiger partial charge >= 0.3 is 0 Å². The van der Waals surface area contributed by atoms with Crippen LogP contribution in [-0.2, 0) is 30.6 Å². The number of aryl methyl sites for hydroxylation is 1. The Morgan fingerprint density at radius 3 is 1.57 bits per heavy atom. The molecule has 254 valence electrons. The second kappa shape index (κ2) is 11.0. The van der Waals surface area contributed by atoms with Gasteiger partial charge in [0, 0.05) is 41.2 Å². The summed E-state index contributed by atoms with van der Waals surface area (Å²) in [4.78, 5) is 0. The van der Waals surface area contributed by atoms with Crippen LogP contribution >= 0.6 is 0 Å². The standard InChI is InChI=1S/C50H37NO2/c1-2-51-46-23-22-31(29-49(52)42-19-9-7-17-37(42)39-25-32-12-3-5-14-34(32)27-44(39)49)24-41(46)48-36(16-11-21-47(48)51)30-50(53)43-20-10-8-18-38(43)40-26-33-13-4-6-15-35(33)28-45(40)50/h3-28,52-53H,2,29-30H2,1H3. The van der Waals surface area contributed by atoms with Crippen molar-refractivity contribution in [2.24, 2.45) is 0 Å². The molecule has 2 aliphatic rings. The third-order valence-electron chi connectivity index (χ3n) is 12.3. The van der Waals surface area contributed by atoms with Crippen LogP contribution < -0.4 is 0 Å². The minimum absolute atomic E-state index is 0.442. The zero-order chi connectivity index (χ0) is 35.5. The molecule has 8 aromatic carbocycles. The van der Waals surface area contributed by atoms with Crippen molar-refractivity contribution in [2.75, 3.05) is 0 Å². The van der Waals surface area contributed by atoms with E-state index < -0.39 is 11.2 Å². The first-order valence-corrected chi connectivity index (χ1v) is 18.7. The number of aliphatic hydroxyl groups is 2. The molecule has 0 spiro atoms. The fourth-order valence-corrected chi connectivity index (χ4v) is 9.88. The molecule has 0 radical (unpaired) electrons. The van der Waals surface area contributed by atoms with Gasteiger partial charge in [0.05, 0.1) is 0 Å². The third kappa shape index (κ3) is 4.24. The van der Waals surface area contributed by atoms with Crippen molar-refractivity contribution < 1.29 is 10.2 Å². The summed E-state index contributed by atoms with van der Waals surface area (Å²) in [5.74, 6) is 0. The molecule has 2 unspecified atom stereocenters. The lowest BCUT2D eigenvalue weighted by Crippen LogP contribution is -2.27. The van der Waals surface area contributed by atoms with Crippen molar-refractivity contribution >= 4 is 43.4 Å². The smallest absolute Gasteiger partial charge is 0.120 e. The highest BCUT2D eigenvalue weighted by molar-refractivity contribution is 6.10. The van der Waals surface area contributed by atoms with E-state index in [-0.39, 0.29) is 0 Å². The Hall–Kier alpha value is -6.00. The van der Waals surface area contributed by atoms with E-state index in [2.05, 4.69) is 157 Å². The maximum absolute atomic E-state index is 13.0. The predicted octanol–water partition coefficient (Wildman–Crippen LogP) is 11.0. The van der Waals surface area contributed by atoms with E-state index in [1.807, 2.05) is 12.1 Å². The Kier molecular flexibility index (Phi) is 6.36. The van der Waals surface area contributed by atoms with Crippen LogP contribution in [0.2, 0.25) is 0 Å². The van der Waals surface area contributed by atoms with Gasteiger partial charge in [-0.25, -0.2) is 0 Å². The Labute approximate surface area is 308 Å². The van der Waals surface area contributed by atoms with Gasteiger partial charge in [0.25, 0.3) is 0 Å². The highest BCUT2D eigenvalue weighted by Gasteiger charge is 2.43. The summed E-state index contributed by atoms with van der Waals surface area (Å²) in [6, 6.07) is 55.6. The maximum Gasteiger partial charge on any atom is 0.120 e. The first-order chi connectivity index (χ1) is 25.9. The summed E-state index contributed by atoms with van der Waals surface area (Å²) in [6.07, 6.45) is 0.890. The normalized spacial score (nSPS) is 18.5. The molecule has 0 bridgehead atoms. The van der Waals surface area contributed by atoms with Gasteiger partial charge in [-0.3, -0.25) is 0 Å². The number of rotatable bonds is 5. The molecule has 53 heavy (non-hydrogen) atoms. The third-order valence-corrected chi connectivity index (χ3v) is 12.3. The van der Waals surface area contributed by atoms with Gasteiger partial charge in [-0.15, -0.1) is 0 Å². The first-order valence-electron chi connectivity index (χ1n) is 18.7. The molecule has 0 fully saturated rings. The summed E-state index contributed by atoms with van der Waals surface area (Å²) in [7, 11) is 0. The lowest BCUT2D eigenvalue weighted by Gasteiger charge is -2.27. The topological polar surface area (TPSA) is 45.4 Å².